The van der Waals surface area contributed by atoms with Crippen molar-refractivity contribution in [1.29, 1.82) is 0 Å². The molecular formula is C13H15N3O3S. The molecule has 0 aliphatic carbocycles. The van der Waals surface area contributed by atoms with E-state index in [1.165, 1.54) is 12.1 Å². The number of ether oxygens (including phenoxy) is 1. The summed E-state index contributed by atoms with van der Waals surface area (Å²) < 4.78 is 5.33. The topological polar surface area (TPSA) is 77.3 Å². The molecule has 1 aromatic carbocycles. The fourth-order valence-electron chi connectivity index (χ4n) is 1.73. The van der Waals surface area contributed by atoms with Gasteiger partial charge in [0.1, 0.15) is 5.75 Å². The van der Waals surface area contributed by atoms with Gasteiger partial charge in [0.15, 0.2) is 0 Å². The van der Waals surface area contributed by atoms with E-state index in [-0.39, 0.29) is 5.69 Å². The van der Waals surface area contributed by atoms with E-state index in [0.717, 1.165) is 11.4 Å². The van der Waals surface area contributed by atoms with Gasteiger partial charge in [0.2, 0.25) is 0 Å². The van der Waals surface area contributed by atoms with Crippen molar-refractivity contribution in [2.24, 2.45) is 0 Å². The molecule has 0 saturated carbocycles. The third-order valence-electron chi connectivity index (χ3n) is 2.56. The zero-order valence-electron chi connectivity index (χ0n) is 11.0. The number of nitro benzene ring substituents is 1. The molecule has 1 aromatic heterocycles. The van der Waals surface area contributed by atoms with Gasteiger partial charge >= 0.3 is 0 Å². The van der Waals surface area contributed by atoms with Gasteiger partial charge in [-0.3, -0.25) is 10.1 Å². The predicted molar refractivity (Wildman–Crippen MR) is 78.6 cm³/mol. The SMILES string of the molecule is CCOc1cc(NCCc2nccs2)cc([N+](=O)[O-])c1. The molecule has 0 fully saturated rings. The van der Waals surface area contributed by atoms with Crippen molar-refractivity contribution in [3.05, 3.63) is 44.9 Å². The zero-order valence-corrected chi connectivity index (χ0v) is 11.9. The molecule has 7 heteroatoms. The van der Waals surface area contributed by atoms with Crippen LogP contribution in [0.25, 0.3) is 0 Å². The van der Waals surface area contributed by atoms with Crippen LogP contribution in [0.15, 0.2) is 29.8 Å². The third-order valence-corrected chi connectivity index (χ3v) is 3.40. The number of nitrogens with zero attached hydrogens (tertiary/aromatic N) is 2. The maximum Gasteiger partial charge on any atom is 0.275 e. The number of anilines is 1. The molecule has 0 amide bonds. The van der Waals surface area contributed by atoms with Gasteiger partial charge < -0.3 is 10.1 Å². The summed E-state index contributed by atoms with van der Waals surface area (Å²) in [7, 11) is 0. The Labute approximate surface area is 120 Å². The highest BCUT2D eigenvalue weighted by molar-refractivity contribution is 7.09. The number of aromatic nitrogens is 1. The van der Waals surface area contributed by atoms with Gasteiger partial charge in [-0.1, -0.05) is 0 Å². The molecule has 106 valence electrons. The highest BCUT2D eigenvalue weighted by Crippen LogP contribution is 2.26. The first-order valence-electron chi connectivity index (χ1n) is 6.23. The molecule has 0 saturated heterocycles. The van der Waals surface area contributed by atoms with E-state index in [1.807, 2.05) is 12.3 Å². The van der Waals surface area contributed by atoms with Crippen LogP contribution < -0.4 is 10.1 Å². The van der Waals surface area contributed by atoms with Crippen molar-refractivity contribution in [2.75, 3.05) is 18.5 Å². The van der Waals surface area contributed by atoms with Crippen molar-refractivity contribution in [3.8, 4) is 5.75 Å². The summed E-state index contributed by atoms with van der Waals surface area (Å²) in [6.45, 7) is 2.98. The molecule has 0 aliphatic heterocycles. The molecule has 0 bridgehead atoms. The van der Waals surface area contributed by atoms with E-state index in [9.17, 15) is 10.1 Å². The van der Waals surface area contributed by atoms with Gasteiger partial charge in [-0.15, -0.1) is 11.3 Å². The van der Waals surface area contributed by atoms with Crippen LogP contribution in [0.4, 0.5) is 11.4 Å². The Morgan fingerprint density at radius 1 is 1.45 bits per heavy atom. The van der Waals surface area contributed by atoms with Crippen LogP contribution in [-0.4, -0.2) is 23.1 Å². The van der Waals surface area contributed by atoms with E-state index in [0.29, 0.717) is 24.6 Å². The molecule has 0 unspecified atom stereocenters. The maximum absolute atomic E-state index is 10.9. The lowest BCUT2D eigenvalue weighted by atomic mass is 10.2. The smallest absolute Gasteiger partial charge is 0.275 e. The van der Waals surface area contributed by atoms with Gasteiger partial charge in [-0.2, -0.15) is 0 Å². The van der Waals surface area contributed by atoms with Crippen molar-refractivity contribution < 1.29 is 9.66 Å². The highest BCUT2D eigenvalue weighted by Gasteiger charge is 2.10. The predicted octanol–water partition coefficient (Wildman–Crippen LogP) is 3.10. The Bertz CT molecular complexity index is 572. The second-order valence-electron chi connectivity index (χ2n) is 4.01. The van der Waals surface area contributed by atoms with Crippen LogP contribution in [0.2, 0.25) is 0 Å². The number of hydrogen-bond donors (Lipinski definition) is 1. The number of non-ortho nitro benzene ring substituents is 1. The summed E-state index contributed by atoms with van der Waals surface area (Å²) in [6, 6.07) is 4.69. The Morgan fingerprint density at radius 3 is 2.95 bits per heavy atom. The van der Waals surface area contributed by atoms with E-state index >= 15 is 0 Å². The van der Waals surface area contributed by atoms with Crippen molar-refractivity contribution in [1.82, 2.24) is 4.98 Å². The van der Waals surface area contributed by atoms with Gasteiger partial charge in [0.05, 0.1) is 22.6 Å². The number of nitro groups is 1. The Hall–Kier alpha value is -2.15. The van der Waals surface area contributed by atoms with Gasteiger partial charge in [0.25, 0.3) is 5.69 Å². The lowest BCUT2D eigenvalue weighted by molar-refractivity contribution is -0.384. The molecule has 2 aromatic rings. The summed E-state index contributed by atoms with van der Waals surface area (Å²) in [5.41, 5.74) is 0.701. The standard InChI is InChI=1S/C13H15N3O3S/c1-2-19-12-8-10(7-11(9-12)16(17)18)14-4-3-13-15-5-6-20-13/h5-9,14H,2-4H2,1H3. The molecule has 1 N–H and O–H groups in total. The number of benzene rings is 1. The van der Waals surface area contributed by atoms with E-state index < -0.39 is 4.92 Å². The maximum atomic E-state index is 10.9. The minimum Gasteiger partial charge on any atom is -0.494 e. The Kier molecular flexibility index (Phi) is 4.89. The van der Waals surface area contributed by atoms with Crippen LogP contribution in [0, 0.1) is 10.1 Å². The Balaban J connectivity index is 2.03. The number of rotatable bonds is 7. The monoisotopic (exact) mass is 293 g/mol. The third kappa shape index (κ3) is 3.92. The minimum atomic E-state index is -0.422. The second kappa shape index (κ2) is 6.85. The lowest BCUT2D eigenvalue weighted by Gasteiger charge is -2.08. The first kappa shape index (κ1) is 14.3. The van der Waals surface area contributed by atoms with Crippen molar-refractivity contribution in [3.63, 3.8) is 0 Å². The van der Waals surface area contributed by atoms with Crippen LogP contribution in [-0.2, 0) is 6.42 Å². The quantitative estimate of drug-likeness (QED) is 0.627. The van der Waals surface area contributed by atoms with E-state index in [1.54, 1.807) is 23.6 Å². The molecular weight excluding hydrogens is 278 g/mol. The fraction of sp³-hybridized carbons (Fsp3) is 0.308. The van der Waals surface area contributed by atoms with Crippen LogP contribution in [0.1, 0.15) is 11.9 Å². The largest absolute Gasteiger partial charge is 0.494 e. The van der Waals surface area contributed by atoms with Crippen molar-refractivity contribution in [2.45, 2.75) is 13.3 Å². The summed E-state index contributed by atoms with van der Waals surface area (Å²) in [4.78, 5) is 14.6. The number of nitrogens with one attached hydrogen (secondary N) is 1. The second-order valence-corrected chi connectivity index (χ2v) is 4.99. The van der Waals surface area contributed by atoms with E-state index in [4.69, 9.17) is 4.74 Å². The molecule has 2 rings (SSSR count). The lowest BCUT2D eigenvalue weighted by Crippen LogP contribution is -2.05. The van der Waals surface area contributed by atoms with Gasteiger partial charge in [-0.05, 0) is 6.92 Å². The zero-order chi connectivity index (χ0) is 14.4. The molecule has 20 heavy (non-hydrogen) atoms. The molecule has 0 aliphatic rings. The normalized spacial score (nSPS) is 10.2. The summed E-state index contributed by atoms with van der Waals surface area (Å²) in [6.07, 6.45) is 2.55. The summed E-state index contributed by atoms with van der Waals surface area (Å²) in [5.74, 6) is 0.499. The van der Waals surface area contributed by atoms with Crippen LogP contribution in [0.3, 0.4) is 0 Å². The molecule has 6 nitrogen and oxygen atoms in total. The molecule has 0 atom stereocenters. The molecule has 1 heterocycles. The number of hydrogen-bond acceptors (Lipinski definition) is 6. The first-order valence-corrected chi connectivity index (χ1v) is 7.11. The fourth-order valence-corrected chi connectivity index (χ4v) is 2.35. The summed E-state index contributed by atoms with van der Waals surface area (Å²) >= 11 is 1.59. The summed E-state index contributed by atoms with van der Waals surface area (Å²) in [5, 5.41) is 17.0. The minimum absolute atomic E-state index is 0.0210. The highest BCUT2D eigenvalue weighted by atomic mass is 32.1. The van der Waals surface area contributed by atoms with Crippen LogP contribution in [0.5, 0.6) is 5.75 Å². The van der Waals surface area contributed by atoms with Gasteiger partial charge in [0, 0.05) is 42.4 Å². The number of thiazole rings is 1. The Morgan fingerprint density at radius 2 is 2.30 bits per heavy atom. The van der Waals surface area contributed by atoms with Gasteiger partial charge in [-0.25, -0.2) is 4.98 Å². The molecule has 0 spiro atoms. The average Bonchev–Trinajstić information content (AvgIpc) is 2.92. The van der Waals surface area contributed by atoms with Crippen molar-refractivity contribution >= 4 is 22.7 Å². The molecule has 0 radical (unpaired) electrons. The first-order chi connectivity index (χ1) is 9.69. The average molecular weight is 293 g/mol. The van der Waals surface area contributed by atoms with E-state index in [2.05, 4.69) is 10.3 Å². The van der Waals surface area contributed by atoms with Crippen LogP contribution >= 0.6 is 11.3 Å².